The molecule has 6 bridgehead atoms. The summed E-state index contributed by atoms with van der Waals surface area (Å²) in [6.45, 7) is 0. The van der Waals surface area contributed by atoms with E-state index in [1.54, 1.807) is 0 Å². The van der Waals surface area contributed by atoms with Crippen LogP contribution in [0.15, 0.2) is 0 Å². The molecular weight excluding hydrogens is 798 g/mol. The molecule has 0 saturated carbocycles. The number of rotatable bonds is 0. The van der Waals surface area contributed by atoms with E-state index in [-0.39, 0.29) is 116 Å². The van der Waals surface area contributed by atoms with Crippen molar-refractivity contribution >= 4 is 183 Å². The number of H-pyrrole nitrogens is 2. The van der Waals surface area contributed by atoms with Crippen LogP contribution in [0.4, 0.5) is 0 Å². The third kappa shape index (κ3) is 4.02. The molecule has 0 aliphatic carbocycles. The smallest absolute Gasteiger partial charge is 0.166 e. The fraction of sp³-hybridized carbons (Fsp3) is 0. The molecule has 3 aromatic heterocycles. The summed E-state index contributed by atoms with van der Waals surface area (Å²) in [5, 5.41) is 1.38. The van der Waals surface area contributed by atoms with Crippen molar-refractivity contribution in [3.05, 3.63) is 60.3 Å². The maximum atomic E-state index is 6.69. The van der Waals surface area contributed by atoms with Gasteiger partial charge in [0.1, 0.15) is 22.6 Å². The topological polar surface area (TPSA) is 83.1 Å². The molecule has 0 fully saturated rings. The second-order valence-corrected chi connectivity index (χ2v) is 13.3. The third-order valence-corrected chi connectivity index (χ3v) is 11.9. The quantitative estimate of drug-likeness (QED) is 0.118. The average molecular weight is 800 g/mol. The SMILES string of the molecule is Clc1c(Cl)c(Cl)c2c(c1Cl)-c1nc-2nc2[nH]c(nc3[nH]c(n1)c1c(Cl)c(Cl)c(Cl)c(Cl)c31)c1c(Cl)c(Cl)c(Cl)c(Cl)c21. The highest BCUT2D eigenvalue weighted by Gasteiger charge is 2.31. The summed E-state index contributed by atoms with van der Waals surface area (Å²) in [5.41, 5.74) is 1.14. The number of halogens is 12. The summed E-state index contributed by atoms with van der Waals surface area (Å²) >= 11 is 78.7. The maximum Gasteiger partial charge on any atom is 0.166 e. The van der Waals surface area contributed by atoms with E-state index >= 15 is 0 Å². The molecule has 6 aromatic rings. The van der Waals surface area contributed by atoms with E-state index in [0.717, 1.165) is 0 Å². The normalized spacial score (nSPS) is 12.3. The molecule has 0 unspecified atom stereocenters. The van der Waals surface area contributed by atoms with Crippen molar-refractivity contribution in [3.63, 3.8) is 0 Å². The zero-order valence-electron chi connectivity index (χ0n) is 19.3. The molecule has 1 aliphatic rings. The first-order valence-electron chi connectivity index (χ1n) is 11.1. The molecular formula is C24H2Cl12N6. The van der Waals surface area contributed by atoms with Gasteiger partial charge < -0.3 is 9.97 Å². The number of aromatic nitrogens is 6. The van der Waals surface area contributed by atoms with Crippen molar-refractivity contribution in [1.29, 1.82) is 0 Å². The van der Waals surface area contributed by atoms with E-state index in [4.69, 9.17) is 154 Å². The molecule has 0 radical (unpaired) electrons. The molecule has 0 amide bonds. The van der Waals surface area contributed by atoms with Gasteiger partial charge in [-0.1, -0.05) is 139 Å². The third-order valence-electron chi connectivity index (χ3n) is 6.54. The zero-order valence-corrected chi connectivity index (χ0v) is 28.4. The van der Waals surface area contributed by atoms with Crippen LogP contribution in [0.25, 0.3) is 66.9 Å². The van der Waals surface area contributed by atoms with Crippen LogP contribution in [0.2, 0.25) is 60.3 Å². The van der Waals surface area contributed by atoms with Crippen LogP contribution in [0, 0.1) is 0 Å². The number of hydrogen-bond donors (Lipinski definition) is 2. The van der Waals surface area contributed by atoms with Crippen LogP contribution in [-0.4, -0.2) is 29.9 Å². The number of nitrogens with zero attached hydrogens (tertiary/aromatic N) is 4. The predicted molar refractivity (Wildman–Crippen MR) is 179 cm³/mol. The molecule has 18 heteroatoms. The van der Waals surface area contributed by atoms with Crippen LogP contribution < -0.4 is 0 Å². The van der Waals surface area contributed by atoms with Crippen LogP contribution in [0.3, 0.4) is 0 Å². The van der Waals surface area contributed by atoms with Crippen LogP contribution in [-0.2, 0) is 0 Å². The zero-order chi connectivity index (χ0) is 30.1. The molecule has 0 saturated heterocycles. The highest BCUT2D eigenvalue weighted by atomic mass is 35.5. The molecule has 4 heterocycles. The molecule has 3 aromatic carbocycles. The van der Waals surface area contributed by atoms with E-state index in [1.807, 2.05) is 0 Å². The molecule has 2 N–H and O–H groups in total. The van der Waals surface area contributed by atoms with E-state index in [2.05, 4.69) is 15.0 Å². The van der Waals surface area contributed by atoms with Gasteiger partial charge in [-0.15, -0.1) is 0 Å². The number of nitrogens with one attached hydrogen (secondary N) is 2. The van der Waals surface area contributed by atoms with Crippen LogP contribution in [0.5, 0.6) is 0 Å². The maximum absolute atomic E-state index is 6.69. The van der Waals surface area contributed by atoms with Crippen molar-refractivity contribution in [2.24, 2.45) is 0 Å². The highest BCUT2D eigenvalue weighted by Crippen LogP contribution is 2.52. The van der Waals surface area contributed by atoms with Crippen LogP contribution >= 0.6 is 139 Å². The molecule has 1 aliphatic heterocycles. The van der Waals surface area contributed by atoms with E-state index in [1.165, 1.54) is 0 Å². The van der Waals surface area contributed by atoms with Crippen molar-refractivity contribution < 1.29 is 0 Å². The first-order valence-corrected chi connectivity index (χ1v) is 15.6. The summed E-state index contributed by atoms with van der Waals surface area (Å²) in [7, 11) is 0. The summed E-state index contributed by atoms with van der Waals surface area (Å²) in [6, 6.07) is 0. The van der Waals surface area contributed by atoms with Crippen molar-refractivity contribution in [3.8, 4) is 22.8 Å². The molecule has 7 rings (SSSR count). The molecule has 0 spiro atoms. The number of benzene rings is 3. The Kier molecular flexibility index (Phi) is 7.35. The number of hydrogen-bond acceptors (Lipinski definition) is 4. The molecule has 212 valence electrons. The lowest BCUT2D eigenvalue weighted by molar-refractivity contribution is 1.20. The summed E-state index contributed by atoms with van der Waals surface area (Å²) in [4.78, 5) is 25.0. The lowest BCUT2D eigenvalue weighted by atomic mass is 10.1. The Balaban J connectivity index is 1.86. The van der Waals surface area contributed by atoms with Gasteiger partial charge in [0.2, 0.25) is 0 Å². The van der Waals surface area contributed by atoms with Crippen molar-refractivity contribution in [2.75, 3.05) is 0 Å². The van der Waals surface area contributed by atoms with Gasteiger partial charge in [0.05, 0.1) is 92.9 Å². The minimum atomic E-state index is -0.0117. The van der Waals surface area contributed by atoms with E-state index in [0.29, 0.717) is 10.8 Å². The molecule has 6 nitrogen and oxygen atoms in total. The van der Waals surface area contributed by atoms with Gasteiger partial charge in [-0.05, 0) is 0 Å². The lowest BCUT2D eigenvalue weighted by Gasteiger charge is -2.09. The van der Waals surface area contributed by atoms with Gasteiger partial charge in [-0.2, -0.15) is 0 Å². The van der Waals surface area contributed by atoms with Gasteiger partial charge in [0.15, 0.2) is 11.6 Å². The largest absolute Gasteiger partial charge is 0.324 e. The summed E-state index contributed by atoms with van der Waals surface area (Å²) in [5.74, 6) is 0.119. The number of aromatic amines is 2. The Labute approximate surface area is 293 Å². The fourth-order valence-electron chi connectivity index (χ4n) is 4.71. The Bertz CT molecular complexity index is 2190. The lowest BCUT2D eigenvalue weighted by Crippen LogP contribution is -1.88. The van der Waals surface area contributed by atoms with Crippen LogP contribution in [0.1, 0.15) is 0 Å². The van der Waals surface area contributed by atoms with Gasteiger partial charge >= 0.3 is 0 Å². The monoisotopic (exact) mass is 794 g/mol. The second kappa shape index (κ2) is 10.3. The van der Waals surface area contributed by atoms with Gasteiger partial charge in [-0.25, -0.2) is 19.9 Å². The first kappa shape index (κ1) is 29.8. The fourth-order valence-corrected chi connectivity index (χ4v) is 7.80. The van der Waals surface area contributed by atoms with Crippen molar-refractivity contribution in [1.82, 2.24) is 29.9 Å². The van der Waals surface area contributed by atoms with Gasteiger partial charge in [-0.3, -0.25) is 0 Å². The Hall–Kier alpha value is -0.840. The second-order valence-electron chi connectivity index (χ2n) is 8.76. The highest BCUT2D eigenvalue weighted by molar-refractivity contribution is 6.58. The Morgan fingerprint density at radius 2 is 0.548 bits per heavy atom. The Morgan fingerprint density at radius 3 is 0.857 bits per heavy atom. The molecule has 0 atom stereocenters. The van der Waals surface area contributed by atoms with E-state index < -0.39 is 0 Å². The number of fused-ring (bicyclic) bond motifs is 15. The minimum absolute atomic E-state index is 0.000470. The summed E-state index contributed by atoms with van der Waals surface area (Å²) in [6.07, 6.45) is 0. The average Bonchev–Trinajstić information content (AvgIpc) is 3.62. The predicted octanol–water partition coefficient (Wildman–Crippen LogP) is 13.1. The van der Waals surface area contributed by atoms with E-state index in [9.17, 15) is 0 Å². The standard InChI is InChI=1S/C24H2Cl12N6/c25-7-1-2(8(26)14(32)13(7)31)20-37-19(1)40-21-3-4(10(28)16(34)15(33)9(3)27)23(38-21)42-24-6-5(22(39-24)41-20)11(29)17(35)18(36)12(6)30/h(H2,37,38,39,40,41,42). The Morgan fingerprint density at radius 1 is 0.286 bits per heavy atom. The minimum Gasteiger partial charge on any atom is -0.324 e. The first-order chi connectivity index (χ1) is 19.8. The summed E-state index contributed by atoms with van der Waals surface area (Å²) < 4.78 is 0. The molecule has 42 heavy (non-hydrogen) atoms. The van der Waals surface area contributed by atoms with Crippen molar-refractivity contribution in [2.45, 2.75) is 0 Å². The van der Waals surface area contributed by atoms with Gasteiger partial charge in [0.25, 0.3) is 0 Å². The van der Waals surface area contributed by atoms with Gasteiger partial charge in [0, 0.05) is 0 Å².